The molecule has 158 valence electrons. The Labute approximate surface area is 183 Å². The van der Waals surface area contributed by atoms with E-state index in [2.05, 4.69) is 20.2 Å². The van der Waals surface area contributed by atoms with Gasteiger partial charge in [-0.25, -0.2) is 0 Å². The molecule has 0 fully saturated rings. The maximum atomic E-state index is 12.8. The summed E-state index contributed by atoms with van der Waals surface area (Å²) >= 11 is 1.29. The molecule has 0 saturated carbocycles. The number of aromatic nitrogens is 2. The highest BCUT2D eigenvalue weighted by Crippen LogP contribution is 2.24. The molecule has 31 heavy (non-hydrogen) atoms. The van der Waals surface area contributed by atoms with E-state index < -0.39 is 0 Å². The predicted molar refractivity (Wildman–Crippen MR) is 121 cm³/mol. The number of anilines is 1. The minimum Gasteiger partial charge on any atom is -0.361 e. The van der Waals surface area contributed by atoms with E-state index in [1.54, 1.807) is 12.1 Å². The number of carbonyl (C=O) groups excluding carboxylic acids is 2. The number of hydrogen-bond donors (Lipinski definition) is 2. The Morgan fingerprint density at radius 2 is 1.87 bits per heavy atom. The van der Waals surface area contributed by atoms with Crippen molar-refractivity contribution in [2.24, 2.45) is 0 Å². The highest BCUT2D eigenvalue weighted by Gasteiger charge is 2.16. The highest BCUT2D eigenvalue weighted by molar-refractivity contribution is 7.13. The zero-order valence-corrected chi connectivity index (χ0v) is 18.3. The molecule has 8 heteroatoms. The van der Waals surface area contributed by atoms with Crippen molar-refractivity contribution in [3.05, 3.63) is 76.3 Å². The Bertz CT molecular complexity index is 1260. The zero-order valence-electron chi connectivity index (χ0n) is 17.5. The van der Waals surface area contributed by atoms with E-state index in [-0.39, 0.29) is 11.8 Å². The van der Waals surface area contributed by atoms with Gasteiger partial charge in [0.15, 0.2) is 0 Å². The molecule has 0 saturated heterocycles. The first-order chi connectivity index (χ1) is 14.9. The maximum Gasteiger partial charge on any atom is 0.276 e. The normalized spacial score (nSPS) is 10.9. The SMILES string of the molecule is Cc1ccc(C(=O)NCCc2c(C)noc2C)cc1NC(=O)c1nsc2ccccc12. The summed E-state index contributed by atoms with van der Waals surface area (Å²) in [4.78, 5) is 25.4. The number of carbonyl (C=O) groups is 2. The molecule has 0 radical (unpaired) electrons. The minimum atomic E-state index is -0.295. The predicted octanol–water partition coefficient (Wildman–Crippen LogP) is 4.43. The van der Waals surface area contributed by atoms with Crippen molar-refractivity contribution in [1.82, 2.24) is 14.8 Å². The fourth-order valence-electron chi connectivity index (χ4n) is 3.39. The molecule has 4 aromatic rings. The lowest BCUT2D eigenvalue weighted by atomic mass is 10.1. The summed E-state index contributed by atoms with van der Waals surface area (Å²) in [7, 11) is 0. The van der Waals surface area contributed by atoms with Gasteiger partial charge in [0.1, 0.15) is 11.5 Å². The summed E-state index contributed by atoms with van der Waals surface area (Å²) in [6.45, 7) is 6.09. The number of nitrogens with zero attached hydrogens (tertiary/aromatic N) is 2. The van der Waals surface area contributed by atoms with Crippen LogP contribution in [-0.4, -0.2) is 27.9 Å². The molecule has 2 aromatic heterocycles. The summed E-state index contributed by atoms with van der Waals surface area (Å²) in [5.41, 5.74) is 4.15. The first kappa shape index (κ1) is 20.7. The third-order valence-electron chi connectivity index (χ3n) is 5.18. The first-order valence-corrected chi connectivity index (χ1v) is 10.7. The van der Waals surface area contributed by atoms with Crippen molar-refractivity contribution in [2.75, 3.05) is 11.9 Å². The van der Waals surface area contributed by atoms with Crippen LogP contribution in [0.3, 0.4) is 0 Å². The molecule has 0 bridgehead atoms. The lowest BCUT2D eigenvalue weighted by molar-refractivity contribution is 0.0952. The average molecular weight is 435 g/mol. The molecule has 0 spiro atoms. The lowest BCUT2D eigenvalue weighted by Crippen LogP contribution is -2.26. The van der Waals surface area contributed by atoms with Crippen LogP contribution in [0.25, 0.3) is 10.1 Å². The highest BCUT2D eigenvalue weighted by atomic mass is 32.1. The van der Waals surface area contributed by atoms with Gasteiger partial charge in [-0.1, -0.05) is 29.4 Å². The Balaban J connectivity index is 1.45. The Hall–Kier alpha value is -3.52. The Morgan fingerprint density at radius 3 is 2.65 bits per heavy atom. The van der Waals surface area contributed by atoms with Gasteiger partial charge in [-0.3, -0.25) is 9.59 Å². The fraction of sp³-hybridized carbons (Fsp3) is 0.217. The second-order valence-electron chi connectivity index (χ2n) is 7.32. The largest absolute Gasteiger partial charge is 0.361 e. The van der Waals surface area contributed by atoms with Gasteiger partial charge in [0.2, 0.25) is 0 Å². The van der Waals surface area contributed by atoms with Crippen molar-refractivity contribution < 1.29 is 14.1 Å². The minimum absolute atomic E-state index is 0.207. The summed E-state index contributed by atoms with van der Waals surface area (Å²) in [6, 6.07) is 12.9. The first-order valence-electron chi connectivity index (χ1n) is 9.90. The van der Waals surface area contributed by atoms with Crippen LogP contribution in [0.5, 0.6) is 0 Å². The molecule has 2 heterocycles. The smallest absolute Gasteiger partial charge is 0.276 e. The van der Waals surface area contributed by atoms with E-state index in [4.69, 9.17) is 4.52 Å². The molecule has 0 atom stereocenters. The number of nitrogens with one attached hydrogen (secondary N) is 2. The summed E-state index contributed by atoms with van der Waals surface area (Å²) in [5, 5.41) is 10.6. The van der Waals surface area contributed by atoms with Crippen LogP contribution in [0.4, 0.5) is 5.69 Å². The summed E-state index contributed by atoms with van der Waals surface area (Å²) in [5.74, 6) is 0.263. The van der Waals surface area contributed by atoms with Gasteiger partial charge in [0.05, 0.1) is 10.4 Å². The molecule has 0 aliphatic heterocycles. The van der Waals surface area contributed by atoms with Gasteiger partial charge in [0.25, 0.3) is 11.8 Å². The van der Waals surface area contributed by atoms with Gasteiger partial charge in [0, 0.05) is 28.7 Å². The van der Waals surface area contributed by atoms with E-state index >= 15 is 0 Å². The number of hydrogen-bond acceptors (Lipinski definition) is 6. The number of benzene rings is 2. The number of fused-ring (bicyclic) bond motifs is 1. The molecule has 0 aliphatic rings. The van der Waals surface area contributed by atoms with E-state index in [1.807, 2.05) is 51.1 Å². The van der Waals surface area contributed by atoms with Crippen LogP contribution in [0.2, 0.25) is 0 Å². The number of rotatable bonds is 6. The molecule has 4 rings (SSSR count). The Kier molecular flexibility index (Phi) is 5.81. The summed E-state index contributed by atoms with van der Waals surface area (Å²) in [6.07, 6.45) is 0.638. The van der Waals surface area contributed by atoms with Crippen LogP contribution in [0, 0.1) is 20.8 Å². The van der Waals surface area contributed by atoms with Gasteiger partial charge >= 0.3 is 0 Å². The zero-order chi connectivity index (χ0) is 22.0. The third-order valence-corrected chi connectivity index (χ3v) is 6.01. The molecule has 0 unspecified atom stereocenters. The van der Waals surface area contributed by atoms with Gasteiger partial charge in [-0.15, -0.1) is 0 Å². The van der Waals surface area contributed by atoms with Crippen LogP contribution in [-0.2, 0) is 6.42 Å². The van der Waals surface area contributed by atoms with E-state index in [1.165, 1.54) is 11.5 Å². The average Bonchev–Trinajstić information content (AvgIpc) is 3.33. The Morgan fingerprint density at radius 1 is 1.06 bits per heavy atom. The van der Waals surface area contributed by atoms with Crippen LogP contribution < -0.4 is 10.6 Å². The monoisotopic (exact) mass is 434 g/mol. The topological polar surface area (TPSA) is 97.1 Å². The van der Waals surface area contributed by atoms with Crippen molar-refractivity contribution in [3.63, 3.8) is 0 Å². The van der Waals surface area contributed by atoms with Crippen LogP contribution in [0.15, 0.2) is 47.0 Å². The maximum absolute atomic E-state index is 12.8. The number of amides is 2. The van der Waals surface area contributed by atoms with E-state index in [0.29, 0.717) is 29.9 Å². The summed E-state index contributed by atoms with van der Waals surface area (Å²) < 4.78 is 10.4. The quantitative estimate of drug-likeness (QED) is 0.468. The number of aryl methyl sites for hydroxylation is 3. The van der Waals surface area contributed by atoms with Crippen molar-refractivity contribution in [1.29, 1.82) is 0 Å². The van der Waals surface area contributed by atoms with Gasteiger partial charge in [-0.2, -0.15) is 4.37 Å². The molecule has 2 aromatic carbocycles. The van der Waals surface area contributed by atoms with Crippen molar-refractivity contribution in [3.8, 4) is 0 Å². The van der Waals surface area contributed by atoms with Crippen LogP contribution >= 0.6 is 11.5 Å². The second-order valence-corrected chi connectivity index (χ2v) is 8.12. The van der Waals surface area contributed by atoms with Crippen molar-refractivity contribution in [2.45, 2.75) is 27.2 Å². The standard InChI is InChI=1S/C23H22N4O3S/c1-13-8-9-16(22(28)24-11-10-17-14(2)26-30-15(17)3)12-19(13)25-23(29)21-18-6-4-5-7-20(18)31-27-21/h4-9,12H,10-11H2,1-3H3,(H,24,28)(H,25,29). The van der Waals surface area contributed by atoms with Crippen molar-refractivity contribution >= 4 is 39.1 Å². The fourth-order valence-corrected chi connectivity index (χ4v) is 4.16. The lowest BCUT2D eigenvalue weighted by Gasteiger charge is -2.11. The molecule has 0 aliphatic carbocycles. The van der Waals surface area contributed by atoms with Crippen LogP contribution in [0.1, 0.15) is 43.4 Å². The van der Waals surface area contributed by atoms with Gasteiger partial charge in [-0.05, 0) is 62.5 Å². The molecule has 2 amide bonds. The third kappa shape index (κ3) is 4.34. The molecular formula is C23H22N4O3S. The van der Waals surface area contributed by atoms with E-state index in [0.717, 1.165) is 32.7 Å². The second kappa shape index (κ2) is 8.69. The van der Waals surface area contributed by atoms with Gasteiger partial charge < -0.3 is 15.2 Å². The molecular weight excluding hydrogens is 412 g/mol. The molecule has 2 N–H and O–H groups in total. The van der Waals surface area contributed by atoms with E-state index in [9.17, 15) is 9.59 Å². The molecule has 7 nitrogen and oxygen atoms in total.